The standard InChI is InChI=1S/C13H21BrO/c1-3-5-7-11(8-6-4-2)12-9-13(14)15-10-12/h9-11H,3-8H2,1-2H3. The van der Waals surface area contributed by atoms with E-state index in [1.807, 2.05) is 6.26 Å². The van der Waals surface area contributed by atoms with Gasteiger partial charge in [0.25, 0.3) is 0 Å². The fourth-order valence-corrected chi connectivity index (χ4v) is 2.27. The van der Waals surface area contributed by atoms with Crippen molar-refractivity contribution in [3.63, 3.8) is 0 Å². The van der Waals surface area contributed by atoms with Crippen molar-refractivity contribution in [2.45, 2.75) is 58.3 Å². The third-order valence-corrected chi connectivity index (χ3v) is 3.29. The summed E-state index contributed by atoms with van der Waals surface area (Å²) >= 11 is 3.37. The number of hydrogen-bond donors (Lipinski definition) is 0. The van der Waals surface area contributed by atoms with Gasteiger partial charge in [-0.25, -0.2) is 0 Å². The zero-order chi connectivity index (χ0) is 11.1. The highest BCUT2D eigenvalue weighted by Gasteiger charge is 2.12. The molecule has 0 aliphatic rings. The smallest absolute Gasteiger partial charge is 0.169 e. The second kappa shape index (κ2) is 7.10. The molecular formula is C13H21BrO. The van der Waals surface area contributed by atoms with Gasteiger partial charge in [-0.3, -0.25) is 0 Å². The van der Waals surface area contributed by atoms with Crippen LogP contribution in [0.25, 0.3) is 0 Å². The summed E-state index contributed by atoms with van der Waals surface area (Å²) in [5, 5.41) is 0. The van der Waals surface area contributed by atoms with Crippen molar-refractivity contribution < 1.29 is 4.42 Å². The lowest BCUT2D eigenvalue weighted by atomic mass is 9.91. The number of rotatable bonds is 7. The Morgan fingerprint density at radius 2 is 1.80 bits per heavy atom. The first-order chi connectivity index (χ1) is 7.27. The van der Waals surface area contributed by atoms with Gasteiger partial charge in [0, 0.05) is 0 Å². The third kappa shape index (κ3) is 4.42. The van der Waals surface area contributed by atoms with Crippen molar-refractivity contribution in [3.05, 3.63) is 22.6 Å². The highest BCUT2D eigenvalue weighted by molar-refractivity contribution is 9.10. The van der Waals surface area contributed by atoms with E-state index >= 15 is 0 Å². The minimum Gasteiger partial charge on any atom is -0.457 e. The van der Waals surface area contributed by atoms with Crippen LogP contribution in [0.3, 0.4) is 0 Å². The molecule has 1 aromatic heterocycles. The molecule has 1 heterocycles. The predicted molar refractivity (Wildman–Crippen MR) is 68.2 cm³/mol. The van der Waals surface area contributed by atoms with E-state index in [0.29, 0.717) is 5.92 Å². The second-order valence-electron chi connectivity index (χ2n) is 4.17. The molecule has 1 nitrogen and oxygen atoms in total. The van der Waals surface area contributed by atoms with Crippen LogP contribution in [0, 0.1) is 0 Å². The van der Waals surface area contributed by atoms with Gasteiger partial charge in [-0.1, -0.05) is 39.5 Å². The summed E-state index contributed by atoms with van der Waals surface area (Å²) in [7, 11) is 0. The average molecular weight is 273 g/mol. The molecule has 0 N–H and O–H groups in total. The molecule has 0 atom stereocenters. The molecule has 0 radical (unpaired) electrons. The summed E-state index contributed by atoms with van der Waals surface area (Å²) in [6.45, 7) is 4.50. The first-order valence-electron chi connectivity index (χ1n) is 6.01. The largest absolute Gasteiger partial charge is 0.457 e. The van der Waals surface area contributed by atoms with Crippen molar-refractivity contribution in [2.24, 2.45) is 0 Å². The van der Waals surface area contributed by atoms with Crippen molar-refractivity contribution in [1.82, 2.24) is 0 Å². The molecule has 15 heavy (non-hydrogen) atoms. The maximum Gasteiger partial charge on any atom is 0.169 e. The second-order valence-corrected chi connectivity index (χ2v) is 4.95. The Kier molecular flexibility index (Phi) is 6.07. The van der Waals surface area contributed by atoms with Crippen LogP contribution >= 0.6 is 15.9 Å². The van der Waals surface area contributed by atoms with Gasteiger partial charge in [-0.2, -0.15) is 0 Å². The van der Waals surface area contributed by atoms with Gasteiger partial charge in [0.15, 0.2) is 4.67 Å². The topological polar surface area (TPSA) is 13.1 Å². The number of hydrogen-bond acceptors (Lipinski definition) is 1. The molecule has 0 aliphatic heterocycles. The van der Waals surface area contributed by atoms with Gasteiger partial charge in [-0.05, 0) is 46.3 Å². The quantitative estimate of drug-likeness (QED) is 0.638. The third-order valence-electron chi connectivity index (χ3n) is 2.87. The lowest BCUT2D eigenvalue weighted by Gasteiger charge is -2.13. The fourth-order valence-electron chi connectivity index (χ4n) is 1.92. The number of unbranched alkanes of at least 4 members (excludes halogenated alkanes) is 2. The van der Waals surface area contributed by atoms with Crippen LogP contribution in [0.15, 0.2) is 21.4 Å². The lowest BCUT2D eigenvalue weighted by Crippen LogP contribution is -1.97. The monoisotopic (exact) mass is 272 g/mol. The molecule has 0 saturated heterocycles. The Balaban J connectivity index is 2.54. The molecule has 0 amide bonds. The summed E-state index contributed by atoms with van der Waals surface area (Å²) in [4.78, 5) is 0. The minimum absolute atomic E-state index is 0.694. The number of furan rings is 1. The summed E-state index contributed by atoms with van der Waals surface area (Å²) in [6.07, 6.45) is 9.68. The Morgan fingerprint density at radius 3 is 2.20 bits per heavy atom. The van der Waals surface area contributed by atoms with E-state index in [0.717, 1.165) is 4.67 Å². The predicted octanol–water partition coefficient (Wildman–Crippen LogP) is 5.51. The maximum atomic E-state index is 5.32. The van der Waals surface area contributed by atoms with Gasteiger partial charge in [0.1, 0.15) is 0 Å². The Hall–Kier alpha value is -0.240. The molecule has 0 bridgehead atoms. The minimum atomic E-state index is 0.694. The Labute approximate surface area is 101 Å². The van der Waals surface area contributed by atoms with Crippen LogP contribution < -0.4 is 0 Å². The molecule has 0 aromatic carbocycles. The van der Waals surface area contributed by atoms with Gasteiger partial charge < -0.3 is 4.42 Å². The number of halogens is 1. The molecule has 0 unspecified atom stereocenters. The van der Waals surface area contributed by atoms with E-state index in [-0.39, 0.29) is 0 Å². The van der Waals surface area contributed by atoms with Crippen LogP contribution in [0.5, 0.6) is 0 Å². The van der Waals surface area contributed by atoms with Crippen molar-refractivity contribution >= 4 is 15.9 Å². The Bertz CT molecular complexity index is 259. The van der Waals surface area contributed by atoms with E-state index in [2.05, 4.69) is 35.8 Å². The van der Waals surface area contributed by atoms with E-state index in [1.54, 1.807) is 0 Å². The highest BCUT2D eigenvalue weighted by Crippen LogP contribution is 2.30. The van der Waals surface area contributed by atoms with Crippen LogP contribution in [-0.2, 0) is 0 Å². The van der Waals surface area contributed by atoms with Crippen molar-refractivity contribution in [3.8, 4) is 0 Å². The first-order valence-corrected chi connectivity index (χ1v) is 6.81. The SMILES string of the molecule is CCCCC(CCCC)c1coc(Br)c1. The molecule has 1 rings (SSSR count). The van der Waals surface area contributed by atoms with Crippen LogP contribution in [0.4, 0.5) is 0 Å². The molecular weight excluding hydrogens is 252 g/mol. The lowest BCUT2D eigenvalue weighted by molar-refractivity contribution is 0.504. The van der Waals surface area contributed by atoms with Gasteiger partial charge in [0.2, 0.25) is 0 Å². The molecule has 0 spiro atoms. The van der Waals surface area contributed by atoms with Crippen molar-refractivity contribution in [1.29, 1.82) is 0 Å². The van der Waals surface area contributed by atoms with Crippen LogP contribution in [0.2, 0.25) is 0 Å². The Morgan fingerprint density at radius 1 is 1.20 bits per heavy atom. The van der Waals surface area contributed by atoms with Crippen LogP contribution in [0.1, 0.15) is 63.9 Å². The first kappa shape index (κ1) is 12.8. The molecule has 0 saturated carbocycles. The van der Waals surface area contributed by atoms with E-state index in [1.165, 1.54) is 44.1 Å². The molecule has 0 fully saturated rings. The molecule has 86 valence electrons. The molecule has 2 heteroatoms. The van der Waals surface area contributed by atoms with Gasteiger partial charge in [-0.15, -0.1) is 0 Å². The summed E-state index contributed by atoms with van der Waals surface area (Å²) in [5.41, 5.74) is 1.36. The molecule has 0 aliphatic carbocycles. The zero-order valence-electron chi connectivity index (χ0n) is 9.76. The molecule has 1 aromatic rings. The normalized spacial score (nSPS) is 11.2. The average Bonchev–Trinajstić information content (AvgIpc) is 2.65. The van der Waals surface area contributed by atoms with E-state index in [9.17, 15) is 0 Å². The van der Waals surface area contributed by atoms with Gasteiger partial charge in [0.05, 0.1) is 6.26 Å². The zero-order valence-corrected chi connectivity index (χ0v) is 11.3. The summed E-state index contributed by atoms with van der Waals surface area (Å²) in [5.74, 6) is 0.694. The van der Waals surface area contributed by atoms with Crippen LogP contribution in [-0.4, -0.2) is 0 Å². The van der Waals surface area contributed by atoms with E-state index < -0.39 is 0 Å². The highest BCUT2D eigenvalue weighted by atomic mass is 79.9. The van der Waals surface area contributed by atoms with E-state index in [4.69, 9.17) is 4.42 Å². The fraction of sp³-hybridized carbons (Fsp3) is 0.692. The summed E-state index contributed by atoms with van der Waals surface area (Å²) in [6, 6.07) is 2.12. The maximum absolute atomic E-state index is 5.32. The summed E-state index contributed by atoms with van der Waals surface area (Å²) < 4.78 is 6.18. The van der Waals surface area contributed by atoms with Crippen molar-refractivity contribution in [2.75, 3.05) is 0 Å². The van der Waals surface area contributed by atoms with Gasteiger partial charge >= 0.3 is 0 Å².